The van der Waals surface area contributed by atoms with Crippen LogP contribution in [0.3, 0.4) is 0 Å². The van der Waals surface area contributed by atoms with E-state index in [1.165, 1.54) is 167 Å². The predicted molar refractivity (Wildman–Crippen MR) is 362 cm³/mol. The monoisotopic (exact) mass is 1150 g/mol. The minimum atomic E-state index is -0.820. The molecule has 0 N–H and O–H groups in total. The second kappa shape index (κ2) is 70.0. The van der Waals surface area contributed by atoms with Gasteiger partial charge in [-0.3, -0.25) is 14.4 Å². The molecule has 0 rings (SSSR count). The van der Waals surface area contributed by atoms with Crippen molar-refractivity contribution in [1.29, 1.82) is 0 Å². The number of rotatable bonds is 62. The molecule has 0 aliphatic heterocycles. The molecule has 472 valence electrons. The molecule has 1 unspecified atom stereocenters. The summed E-state index contributed by atoms with van der Waals surface area (Å²) < 4.78 is 16.9. The Labute approximate surface area is 513 Å². The van der Waals surface area contributed by atoms with Crippen LogP contribution in [0.25, 0.3) is 0 Å². The fraction of sp³-hybridized carbons (Fsp3) is 0.675. The van der Waals surface area contributed by atoms with E-state index in [9.17, 15) is 14.4 Å². The largest absolute Gasteiger partial charge is 0.462 e. The van der Waals surface area contributed by atoms with E-state index in [2.05, 4.69) is 148 Å². The van der Waals surface area contributed by atoms with Crippen molar-refractivity contribution in [2.75, 3.05) is 13.2 Å². The number of carbonyl (C=O) groups excluding carboxylic acids is 3. The van der Waals surface area contributed by atoms with Gasteiger partial charge in [-0.05, 0) is 128 Å². The highest BCUT2D eigenvalue weighted by atomic mass is 16.6. The molecule has 6 nitrogen and oxygen atoms in total. The van der Waals surface area contributed by atoms with Crippen LogP contribution >= 0.6 is 0 Å². The average Bonchev–Trinajstić information content (AvgIpc) is 3.49. The maximum absolute atomic E-state index is 13.0. The summed E-state index contributed by atoms with van der Waals surface area (Å²) in [6.07, 6.45) is 99.0. The Balaban J connectivity index is 4.49. The molecule has 0 saturated heterocycles. The van der Waals surface area contributed by atoms with Crippen molar-refractivity contribution < 1.29 is 28.6 Å². The molecular weight excluding hydrogens is 1020 g/mol. The van der Waals surface area contributed by atoms with E-state index in [4.69, 9.17) is 14.2 Å². The standard InChI is InChI=1S/C77H128O6/c1-4-7-10-13-16-19-22-25-28-31-34-36-38-40-43-46-49-52-55-58-61-64-67-70-76(79)82-73-74(72-81-75(78)69-66-63-60-57-54-51-48-45-42-33-30-27-24-21-18-15-12-9-6-3)83-77(80)71-68-65-62-59-56-53-50-47-44-41-39-37-35-32-29-26-23-20-17-14-11-8-5-2/h9,12,18,21-23,25-27,30-32,34-35,38,40,42,45,51,54,60,63,74H,4-8,10-11,13-17,19-20,24,28-29,33,36-37,39,41,43-44,46-50,52-53,55-59,61-62,64-73H2,1-3H3/b12-9-,21-18-,25-22-,26-23-,30-27-,34-31-,35-32-,40-38-,45-42-,54-51-,63-60-. The molecule has 6 heteroatoms. The van der Waals surface area contributed by atoms with Crippen LogP contribution in [-0.4, -0.2) is 37.2 Å². The molecule has 83 heavy (non-hydrogen) atoms. The van der Waals surface area contributed by atoms with E-state index in [1.54, 1.807) is 0 Å². The van der Waals surface area contributed by atoms with Gasteiger partial charge in [0.25, 0.3) is 0 Å². The molecule has 0 aromatic heterocycles. The van der Waals surface area contributed by atoms with Crippen molar-refractivity contribution in [1.82, 2.24) is 0 Å². The van der Waals surface area contributed by atoms with Crippen molar-refractivity contribution in [3.63, 3.8) is 0 Å². The second-order valence-corrected chi connectivity index (χ2v) is 22.7. The van der Waals surface area contributed by atoms with E-state index >= 15 is 0 Å². The van der Waals surface area contributed by atoms with Gasteiger partial charge in [-0.25, -0.2) is 0 Å². The normalized spacial score (nSPS) is 13.0. The zero-order valence-electron chi connectivity index (χ0n) is 54.2. The van der Waals surface area contributed by atoms with Gasteiger partial charge in [0.05, 0.1) is 0 Å². The van der Waals surface area contributed by atoms with Crippen molar-refractivity contribution >= 4 is 17.9 Å². The highest BCUT2D eigenvalue weighted by Crippen LogP contribution is 2.16. The van der Waals surface area contributed by atoms with Crippen molar-refractivity contribution in [3.05, 3.63) is 134 Å². The third kappa shape index (κ3) is 68.2. The van der Waals surface area contributed by atoms with Crippen LogP contribution in [0, 0.1) is 0 Å². The number of ether oxygens (including phenoxy) is 3. The summed E-state index contributed by atoms with van der Waals surface area (Å²) >= 11 is 0. The van der Waals surface area contributed by atoms with Crippen molar-refractivity contribution in [3.8, 4) is 0 Å². The SMILES string of the molecule is CC/C=C\C/C=C\C/C=C\C/C=C\C/C=C\C/C=C\CCC(=O)OCC(COC(=O)CCCCCCCCCC/C=C\C/C=C\C/C=C\CCCCCCC)OC(=O)CCCCCCCCCCCCC/C=C\C/C=C\CCCCCCC. The first-order valence-corrected chi connectivity index (χ1v) is 34.7. The first kappa shape index (κ1) is 78.5. The lowest BCUT2D eigenvalue weighted by Crippen LogP contribution is -2.30. The molecule has 0 amide bonds. The minimum Gasteiger partial charge on any atom is -0.462 e. The summed E-state index contributed by atoms with van der Waals surface area (Å²) in [5.74, 6) is -0.998. The van der Waals surface area contributed by atoms with Crippen LogP contribution < -0.4 is 0 Å². The topological polar surface area (TPSA) is 78.9 Å². The van der Waals surface area contributed by atoms with Gasteiger partial charge in [-0.1, -0.05) is 302 Å². The van der Waals surface area contributed by atoms with Gasteiger partial charge in [-0.2, -0.15) is 0 Å². The van der Waals surface area contributed by atoms with Crippen molar-refractivity contribution in [2.24, 2.45) is 0 Å². The molecule has 0 bridgehead atoms. The molecule has 0 fully saturated rings. The third-order valence-corrected chi connectivity index (χ3v) is 14.6. The molecule has 1 atom stereocenters. The van der Waals surface area contributed by atoms with E-state index < -0.39 is 6.10 Å². The van der Waals surface area contributed by atoms with Crippen LogP contribution in [-0.2, 0) is 28.6 Å². The maximum atomic E-state index is 13.0. The Morgan fingerprint density at radius 2 is 0.494 bits per heavy atom. The summed E-state index contributed by atoms with van der Waals surface area (Å²) in [5.41, 5.74) is 0. The molecule has 0 aliphatic carbocycles. The summed E-state index contributed by atoms with van der Waals surface area (Å²) in [6.45, 7) is 6.46. The Hall–Kier alpha value is -4.45. The Bertz CT molecular complexity index is 1750. The fourth-order valence-electron chi connectivity index (χ4n) is 9.45. The molecule has 0 spiro atoms. The third-order valence-electron chi connectivity index (χ3n) is 14.6. The van der Waals surface area contributed by atoms with Crippen LogP contribution in [0.1, 0.15) is 316 Å². The van der Waals surface area contributed by atoms with Gasteiger partial charge in [-0.15, -0.1) is 0 Å². The molecule has 0 heterocycles. The van der Waals surface area contributed by atoms with Gasteiger partial charge >= 0.3 is 17.9 Å². The molecule has 0 radical (unpaired) electrons. The van der Waals surface area contributed by atoms with E-state index in [0.29, 0.717) is 19.3 Å². The number of unbranched alkanes of at least 4 members (excludes halogenated alkanes) is 29. The lowest BCUT2D eigenvalue weighted by Gasteiger charge is -2.18. The van der Waals surface area contributed by atoms with Crippen LogP contribution in [0.15, 0.2) is 134 Å². The Morgan fingerprint density at radius 3 is 0.807 bits per heavy atom. The first-order valence-electron chi connectivity index (χ1n) is 34.7. The highest BCUT2D eigenvalue weighted by molar-refractivity contribution is 5.71. The van der Waals surface area contributed by atoms with Gasteiger partial charge < -0.3 is 14.2 Å². The fourth-order valence-corrected chi connectivity index (χ4v) is 9.45. The minimum absolute atomic E-state index is 0.109. The van der Waals surface area contributed by atoms with Crippen LogP contribution in [0.2, 0.25) is 0 Å². The van der Waals surface area contributed by atoms with Gasteiger partial charge in [0.1, 0.15) is 13.2 Å². The summed E-state index contributed by atoms with van der Waals surface area (Å²) in [5, 5.41) is 0. The highest BCUT2D eigenvalue weighted by Gasteiger charge is 2.19. The number of carbonyl (C=O) groups is 3. The van der Waals surface area contributed by atoms with Gasteiger partial charge in [0, 0.05) is 19.3 Å². The summed E-state index contributed by atoms with van der Waals surface area (Å²) in [7, 11) is 0. The predicted octanol–water partition coefficient (Wildman–Crippen LogP) is 24.1. The molecule has 0 saturated carbocycles. The zero-order chi connectivity index (χ0) is 59.9. The second-order valence-electron chi connectivity index (χ2n) is 22.7. The van der Waals surface area contributed by atoms with E-state index in [1.807, 2.05) is 6.08 Å². The van der Waals surface area contributed by atoms with Gasteiger partial charge in [0.2, 0.25) is 0 Å². The Morgan fingerprint density at radius 1 is 0.253 bits per heavy atom. The number of allylic oxidation sites excluding steroid dienone is 22. The van der Waals surface area contributed by atoms with Gasteiger partial charge in [0.15, 0.2) is 6.10 Å². The number of hydrogen-bond donors (Lipinski definition) is 0. The molecular formula is C77H128O6. The summed E-state index contributed by atoms with van der Waals surface area (Å²) in [6, 6.07) is 0. The Kier molecular flexibility index (Phi) is 66.3. The number of hydrogen-bond acceptors (Lipinski definition) is 6. The lowest BCUT2D eigenvalue weighted by atomic mass is 10.0. The van der Waals surface area contributed by atoms with Crippen molar-refractivity contribution in [2.45, 2.75) is 322 Å². The molecule has 0 aromatic rings. The van der Waals surface area contributed by atoms with E-state index in [0.717, 1.165) is 103 Å². The average molecular weight is 1150 g/mol. The van der Waals surface area contributed by atoms with Crippen LogP contribution in [0.4, 0.5) is 0 Å². The smallest absolute Gasteiger partial charge is 0.306 e. The summed E-state index contributed by atoms with van der Waals surface area (Å²) in [4.78, 5) is 38.4. The molecule has 0 aromatic carbocycles. The number of esters is 3. The van der Waals surface area contributed by atoms with E-state index in [-0.39, 0.29) is 37.5 Å². The zero-order valence-corrected chi connectivity index (χ0v) is 54.2. The first-order chi connectivity index (χ1) is 41.0. The maximum Gasteiger partial charge on any atom is 0.306 e. The van der Waals surface area contributed by atoms with Crippen LogP contribution in [0.5, 0.6) is 0 Å². The lowest BCUT2D eigenvalue weighted by molar-refractivity contribution is -0.166. The quantitative estimate of drug-likeness (QED) is 0.0261. The molecule has 0 aliphatic rings.